The molecule has 3 heteroatoms. The molecule has 15 heavy (non-hydrogen) atoms. The molecule has 1 unspecified atom stereocenters. The first-order chi connectivity index (χ1) is 6.79. The Balaban J connectivity index is 0.00000196. The SMILES string of the molecule is C[S+](C)CCCCCC1CCCCO1.[I-]. The zero-order chi connectivity index (χ0) is 10.2. The number of hydrogen-bond donors (Lipinski definition) is 0. The van der Waals surface area contributed by atoms with Crippen LogP contribution in [0.4, 0.5) is 0 Å². The maximum atomic E-state index is 5.71. The van der Waals surface area contributed by atoms with Crippen LogP contribution in [0.2, 0.25) is 0 Å². The van der Waals surface area contributed by atoms with Crippen LogP contribution in [0.15, 0.2) is 0 Å². The Morgan fingerprint density at radius 2 is 1.93 bits per heavy atom. The fourth-order valence-electron chi connectivity index (χ4n) is 1.97. The highest BCUT2D eigenvalue weighted by Gasteiger charge is 2.12. The highest BCUT2D eigenvalue weighted by atomic mass is 127. The quantitative estimate of drug-likeness (QED) is 0.374. The molecule has 1 atom stereocenters. The van der Waals surface area contributed by atoms with Gasteiger partial charge in [0.05, 0.1) is 18.6 Å². The lowest BCUT2D eigenvalue weighted by Crippen LogP contribution is -3.00. The molecule has 1 saturated heterocycles. The summed E-state index contributed by atoms with van der Waals surface area (Å²) in [5, 5.41) is 0. The van der Waals surface area contributed by atoms with E-state index in [0.29, 0.717) is 17.0 Å². The predicted molar refractivity (Wildman–Crippen MR) is 66.1 cm³/mol. The number of unbranched alkanes of at least 4 members (excludes halogenated alkanes) is 2. The molecular formula is C12H25IOS. The summed E-state index contributed by atoms with van der Waals surface area (Å²) in [7, 11) is 0.645. The molecule has 1 heterocycles. The van der Waals surface area contributed by atoms with Gasteiger partial charge in [0.1, 0.15) is 5.75 Å². The van der Waals surface area contributed by atoms with Crippen molar-refractivity contribution in [2.45, 2.75) is 51.0 Å². The molecule has 0 bridgehead atoms. The first-order valence-electron chi connectivity index (χ1n) is 5.95. The van der Waals surface area contributed by atoms with Gasteiger partial charge in [0.15, 0.2) is 0 Å². The van der Waals surface area contributed by atoms with Crippen molar-refractivity contribution in [2.75, 3.05) is 24.9 Å². The maximum Gasteiger partial charge on any atom is 0.107 e. The summed E-state index contributed by atoms with van der Waals surface area (Å²) in [6.45, 7) is 1.01. The summed E-state index contributed by atoms with van der Waals surface area (Å²) in [5.41, 5.74) is 0. The molecule has 0 aromatic heterocycles. The summed E-state index contributed by atoms with van der Waals surface area (Å²) < 4.78 is 5.71. The average Bonchev–Trinajstić information content (AvgIpc) is 2.18. The average molecular weight is 344 g/mol. The third-order valence-corrected chi connectivity index (χ3v) is 3.96. The molecule has 0 aliphatic carbocycles. The van der Waals surface area contributed by atoms with Gasteiger partial charge in [-0.15, -0.1) is 0 Å². The molecule has 0 spiro atoms. The van der Waals surface area contributed by atoms with Gasteiger partial charge >= 0.3 is 0 Å². The van der Waals surface area contributed by atoms with Gasteiger partial charge in [0.25, 0.3) is 0 Å². The lowest BCUT2D eigenvalue weighted by Gasteiger charge is -2.22. The van der Waals surface area contributed by atoms with Crippen LogP contribution >= 0.6 is 0 Å². The second-order valence-corrected chi connectivity index (χ2v) is 6.91. The predicted octanol–water partition coefficient (Wildman–Crippen LogP) is -0.00220. The molecule has 1 rings (SSSR count). The van der Waals surface area contributed by atoms with E-state index in [9.17, 15) is 0 Å². The lowest BCUT2D eigenvalue weighted by atomic mass is 10.0. The third-order valence-electron chi connectivity index (χ3n) is 2.85. The Bertz CT molecular complexity index is 136. The minimum Gasteiger partial charge on any atom is -1.00 e. The molecule has 0 aromatic rings. The molecule has 1 aliphatic rings. The first-order valence-corrected chi connectivity index (χ1v) is 8.16. The van der Waals surface area contributed by atoms with Crippen molar-refractivity contribution in [3.05, 3.63) is 0 Å². The van der Waals surface area contributed by atoms with Crippen LogP contribution in [0.25, 0.3) is 0 Å². The standard InChI is InChI=1S/C12H25OS.HI/c1-14(2)11-7-3-4-8-12-9-5-6-10-13-12;/h12H,3-11H2,1-2H3;1H/q+1;/p-1. The zero-order valence-corrected chi connectivity index (χ0v) is 13.1. The Kier molecular flexibility index (Phi) is 10.9. The Labute approximate surface area is 115 Å². The Morgan fingerprint density at radius 1 is 1.13 bits per heavy atom. The Morgan fingerprint density at radius 3 is 2.53 bits per heavy atom. The second-order valence-electron chi connectivity index (χ2n) is 4.53. The van der Waals surface area contributed by atoms with E-state index in [2.05, 4.69) is 12.5 Å². The molecule has 1 fully saturated rings. The first kappa shape index (κ1) is 16.0. The van der Waals surface area contributed by atoms with Gasteiger partial charge in [-0.2, -0.15) is 0 Å². The summed E-state index contributed by atoms with van der Waals surface area (Å²) in [5.74, 6) is 1.42. The third kappa shape index (κ3) is 8.81. The smallest absolute Gasteiger partial charge is 0.107 e. The van der Waals surface area contributed by atoms with E-state index >= 15 is 0 Å². The van der Waals surface area contributed by atoms with E-state index < -0.39 is 0 Å². The molecule has 92 valence electrons. The van der Waals surface area contributed by atoms with Crippen LogP contribution in [-0.2, 0) is 15.6 Å². The van der Waals surface area contributed by atoms with Crippen molar-refractivity contribution in [1.29, 1.82) is 0 Å². The van der Waals surface area contributed by atoms with Gasteiger partial charge < -0.3 is 28.7 Å². The summed E-state index contributed by atoms with van der Waals surface area (Å²) in [6, 6.07) is 0. The molecule has 0 saturated carbocycles. The van der Waals surface area contributed by atoms with Crippen molar-refractivity contribution >= 4 is 10.9 Å². The van der Waals surface area contributed by atoms with Crippen LogP contribution in [0.3, 0.4) is 0 Å². The largest absolute Gasteiger partial charge is 1.00 e. The van der Waals surface area contributed by atoms with Crippen LogP contribution < -0.4 is 24.0 Å². The fourth-order valence-corrected chi connectivity index (χ4v) is 2.76. The molecule has 0 N–H and O–H groups in total. The minimum atomic E-state index is 0. The van der Waals surface area contributed by atoms with Crippen molar-refractivity contribution in [2.24, 2.45) is 0 Å². The molecule has 0 aromatic carbocycles. The van der Waals surface area contributed by atoms with Crippen LogP contribution in [0.1, 0.15) is 44.9 Å². The number of ether oxygens (including phenoxy) is 1. The molecule has 0 radical (unpaired) electrons. The van der Waals surface area contributed by atoms with Gasteiger partial charge in [-0.05, 0) is 49.4 Å². The molecule has 0 amide bonds. The van der Waals surface area contributed by atoms with Crippen molar-refractivity contribution < 1.29 is 28.7 Å². The van der Waals surface area contributed by atoms with Gasteiger partial charge in [0.2, 0.25) is 0 Å². The van der Waals surface area contributed by atoms with Gasteiger partial charge in [-0.25, -0.2) is 0 Å². The van der Waals surface area contributed by atoms with Crippen molar-refractivity contribution in [1.82, 2.24) is 0 Å². The summed E-state index contributed by atoms with van der Waals surface area (Å²) in [4.78, 5) is 0. The van der Waals surface area contributed by atoms with E-state index in [1.807, 2.05) is 0 Å². The van der Waals surface area contributed by atoms with E-state index in [0.717, 1.165) is 6.61 Å². The van der Waals surface area contributed by atoms with Crippen molar-refractivity contribution in [3.63, 3.8) is 0 Å². The maximum absolute atomic E-state index is 5.71. The second kappa shape index (κ2) is 10.2. The topological polar surface area (TPSA) is 9.23 Å². The van der Waals surface area contributed by atoms with E-state index in [4.69, 9.17) is 4.74 Å². The van der Waals surface area contributed by atoms with E-state index in [-0.39, 0.29) is 24.0 Å². The van der Waals surface area contributed by atoms with Crippen molar-refractivity contribution in [3.8, 4) is 0 Å². The lowest BCUT2D eigenvalue weighted by molar-refractivity contribution is -0.0000164. The molecule has 1 nitrogen and oxygen atoms in total. The van der Waals surface area contributed by atoms with Gasteiger partial charge in [-0.3, -0.25) is 0 Å². The molecule has 1 aliphatic heterocycles. The van der Waals surface area contributed by atoms with Crippen LogP contribution in [-0.4, -0.2) is 31.0 Å². The molecular weight excluding hydrogens is 319 g/mol. The highest BCUT2D eigenvalue weighted by Crippen LogP contribution is 2.18. The van der Waals surface area contributed by atoms with Gasteiger partial charge in [-0.1, -0.05) is 6.42 Å². The van der Waals surface area contributed by atoms with E-state index in [1.54, 1.807) is 0 Å². The fraction of sp³-hybridized carbons (Fsp3) is 1.00. The summed E-state index contributed by atoms with van der Waals surface area (Å²) in [6.07, 6.45) is 14.8. The van der Waals surface area contributed by atoms with E-state index in [1.165, 1.54) is 50.7 Å². The highest BCUT2D eigenvalue weighted by molar-refractivity contribution is 7.95. The summed E-state index contributed by atoms with van der Waals surface area (Å²) >= 11 is 0. The monoisotopic (exact) mass is 344 g/mol. The minimum absolute atomic E-state index is 0. The van der Waals surface area contributed by atoms with Crippen LogP contribution in [0.5, 0.6) is 0 Å². The van der Waals surface area contributed by atoms with Crippen LogP contribution in [0, 0.1) is 0 Å². The number of hydrogen-bond acceptors (Lipinski definition) is 1. The zero-order valence-electron chi connectivity index (χ0n) is 10.1. The Hall–Kier alpha value is 1.04. The number of rotatable bonds is 6. The number of halogens is 1. The van der Waals surface area contributed by atoms with Gasteiger partial charge in [0, 0.05) is 6.61 Å². The normalized spacial score (nSPS) is 21.4.